The molecule has 0 bridgehead atoms. The summed E-state index contributed by atoms with van der Waals surface area (Å²) in [5, 5.41) is 5.74. The molecular weight excluding hydrogens is 195 g/mol. The van der Waals surface area contributed by atoms with Gasteiger partial charge in [0.2, 0.25) is 5.95 Å². The maximum Gasteiger partial charge on any atom is 0.224 e. The summed E-state index contributed by atoms with van der Waals surface area (Å²) < 4.78 is 13.2. The number of hydrogen-bond acceptors (Lipinski definition) is 4. The fourth-order valence-corrected chi connectivity index (χ4v) is 1.03. The van der Waals surface area contributed by atoms with Crippen LogP contribution in [-0.2, 0) is 0 Å². The lowest BCUT2D eigenvalue weighted by Crippen LogP contribution is -2.13. The Morgan fingerprint density at radius 3 is 2.87 bits per heavy atom. The molecule has 15 heavy (non-hydrogen) atoms. The molecule has 1 rings (SSSR count). The number of halogens is 1. The van der Waals surface area contributed by atoms with E-state index in [0.29, 0.717) is 18.4 Å². The van der Waals surface area contributed by atoms with Crippen molar-refractivity contribution in [3.8, 4) is 0 Å². The van der Waals surface area contributed by atoms with Crippen LogP contribution in [0, 0.1) is 11.7 Å². The third kappa shape index (κ3) is 3.34. The lowest BCUT2D eigenvalue weighted by atomic mass is 10.1. The van der Waals surface area contributed by atoms with Gasteiger partial charge >= 0.3 is 0 Å². The van der Waals surface area contributed by atoms with Gasteiger partial charge in [-0.2, -0.15) is 4.98 Å². The summed E-state index contributed by atoms with van der Waals surface area (Å²) in [7, 11) is 1.70. The fourth-order valence-electron chi connectivity index (χ4n) is 1.03. The van der Waals surface area contributed by atoms with Crippen LogP contribution in [-0.4, -0.2) is 23.6 Å². The van der Waals surface area contributed by atoms with E-state index in [0.717, 1.165) is 12.6 Å². The Kier molecular flexibility index (Phi) is 4.27. The first-order chi connectivity index (χ1) is 7.17. The second-order valence-corrected chi connectivity index (χ2v) is 3.53. The molecule has 1 atom stereocenters. The minimum atomic E-state index is -0.419. The molecule has 84 valence electrons. The Balaban J connectivity index is 2.66. The highest BCUT2D eigenvalue weighted by molar-refractivity contribution is 5.40. The van der Waals surface area contributed by atoms with Crippen molar-refractivity contribution < 1.29 is 4.39 Å². The summed E-state index contributed by atoms with van der Waals surface area (Å²) in [4.78, 5) is 7.76. The quantitative estimate of drug-likeness (QED) is 0.785. The van der Waals surface area contributed by atoms with Crippen molar-refractivity contribution in [2.45, 2.75) is 20.3 Å². The molecule has 1 heterocycles. The SMILES string of the molecule is CCC(C)CNc1nc(NC)ncc1F. The number of hydrogen-bond donors (Lipinski definition) is 2. The average molecular weight is 212 g/mol. The van der Waals surface area contributed by atoms with Gasteiger partial charge in [0, 0.05) is 13.6 Å². The molecule has 0 amide bonds. The second kappa shape index (κ2) is 5.48. The van der Waals surface area contributed by atoms with Crippen LogP contribution in [0.2, 0.25) is 0 Å². The van der Waals surface area contributed by atoms with Crippen LogP contribution in [0.25, 0.3) is 0 Å². The molecule has 2 N–H and O–H groups in total. The highest BCUT2D eigenvalue weighted by Crippen LogP contribution is 2.12. The lowest BCUT2D eigenvalue weighted by molar-refractivity contribution is 0.580. The van der Waals surface area contributed by atoms with E-state index in [9.17, 15) is 4.39 Å². The Morgan fingerprint density at radius 2 is 2.27 bits per heavy atom. The monoisotopic (exact) mass is 212 g/mol. The summed E-state index contributed by atoms with van der Waals surface area (Å²) in [6.07, 6.45) is 2.22. The molecule has 0 aliphatic rings. The predicted octanol–water partition coefficient (Wildman–Crippen LogP) is 2.12. The molecule has 1 unspecified atom stereocenters. The third-order valence-electron chi connectivity index (χ3n) is 2.28. The van der Waals surface area contributed by atoms with Crippen LogP contribution in [0.3, 0.4) is 0 Å². The van der Waals surface area contributed by atoms with Gasteiger partial charge in [0.05, 0.1) is 6.20 Å². The topological polar surface area (TPSA) is 49.8 Å². The molecule has 0 fully saturated rings. The van der Waals surface area contributed by atoms with Crippen molar-refractivity contribution in [3.63, 3.8) is 0 Å². The molecule has 0 aromatic carbocycles. The van der Waals surface area contributed by atoms with Gasteiger partial charge in [-0.3, -0.25) is 0 Å². The zero-order valence-corrected chi connectivity index (χ0v) is 9.34. The highest BCUT2D eigenvalue weighted by Gasteiger charge is 2.06. The maximum atomic E-state index is 13.2. The first-order valence-corrected chi connectivity index (χ1v) is 5.11. The first-order valence-electron chi connectivity index (χ1n) is 5.11. The van der Waals surface area contributed by atoms with E-state index in [1.54, 1.807) is 7.05 Å². The standard InChI is InChI=1S/C10H17FN4/c1-4-7(2)5-13-9-8(11)6-14-10(12-3)15-9/h6-7H,4-5H2,1-3H3,(H2,12,13,14,15). The molecular formula is C10H17FN4. The van der Waals surface area contributed by atoms with Gasteiger partial charge in [-0.05, 0) is 5.92 Å². The molecule has 0 saturated heterocycles. The van der Waals surface area contributed by atoms with Crippen molar-refractivity contribution in [3.05, 3.63) is 12.0 Å². The minimum absolute atomic E-state index is 0.259. The van der Waals surface area contributed by atoms with E-state index < -0.39 is 5.82 Å². The van der Waals surface area contributed by atoms with E-state index in [1.807, 2.05) is 0 Å². The largest absolute Gasteiger partial charge is 0.367 e. The van der Waals surface area contributed by atoms with E-state index >= 15 is 0 Å². The minimum Gasteiger partial charge on any atom is -0.367 e. The van der Waals surface area contributed by atoms with Gasteiger partial charge < -0.3 is 10.6 Å². The Bertz CT molecular complexity index is 316. The van der Waals surface area contributed by atoms with Crippen molar-refractivity contribution >= 4 is 11.8 Å². The van der Waals surface area contributed by atoms with Crippen LogP contribution in [0.4, 0.5) is 16.2 Å². The number of anilines is 2. The average Bonchev–Trinajstić information content (AvgIpc) is 2.27. The number of nitrogens with zero attached hydrogens (tertiary/aromatic N) is 2. The smallest absolute Gasteiger partial charge is 0.224 e. The molecule has 0 saturated carbocycles. The lowest BCUT2D eigenvalue weighted by Gasteiger charge is -2.11. The van der Waals surface area contributed by atoms with Gasteiger partial charge in [-0.25, -0.2) is 9.37 Å². The summed E-state index contributed by atoms with van der Waals surface area (Å²) in [6, 6.07) is 0. The number of aromatic nitrogens is 2. The van der Waals surface area contributed by atoms with Crippen molar-refractivity contribution in [1.29, 1.82) is 0 Å². The summed E-state index contributed by atoms with van der Waals surface area (Å²) in [5.74, 6) is 0.757. The van der Waals surface area contributed by atoms with Crippen molar-refractivity contribution in [2.24, 2.45) is 5.92 Å². The van der Waals surface area contributed by atoms with Gasteiger partial charge in [0.25, 0.3) is 0 Å². The Hall–Kier alpha value is -1.39. The highest BCUT2D eigenvalue weighted by atomic mass is 19.1. The fraction of sp³-hybridized carbons (Fsp3) is 0.600. The molecule has 0 aliphatic heterocycles. The summed E-state index contributed by atoms with van der Waals surface area (Å²) >= 11 is 0. The van der Waals surface area contributed by atoms with Crippen molar-refractivity contribution in [2.75, 3.05) is 24.2 Å². The molecule has 1 aromatic rings. The Morgan fingerprint density at radius 1 is 1.53 bits per heavy atom. The van der Waals surface area contributed by atoms with E-state index in [4.69, 9.17) is 0 Å². The molecule has 0 aliphatic carbocycles. The third-order valence-corrected chi connectivity index (χ3v) is 2.28. The second-order valence-electron chi connectivity index (χ2n) is 3.53. The molecule has 5 heteroatoms. The van der Waals surface area contributed by atoms with Gasteiger partial charge in [-0.1, -0.05) is 20.3 Å². The molecule has 4 nitrogen and oxygen atoms in total. The normalized spacial score (nSPS) is 12.3. The molecule has 1 aromatic heterocycles. The van der Waals surface area contributed by atoms with Crippen LogP contribution in [0.15, 0.2) is 6.20 Å². The van der Waals surface area contributed by atoms with Crippen LogP contribution < -0.4 is 10.6 Å². The number of rotatable bonds is 5. The van der Waals surface area contributed by atoms with Gasteiger partial charge in [0.1, 0.15) is 0 Å². The van der Waals surface area contributed by atoms with Crippen LogP contribution in [0.5, 0.6) is 0 Å². The van der Waals surface area contributed by atoms with Gasteiger partial charge in [0.15, 0.2) is 11.6 Å². The van der Waals surface area contributed by atoms with Crippen LogP contribution >= 0.6 is 0 Å². The summed E-state index contributed by atoms with van der Waals surface area (Å²) in [5.41, 5.74) is 0. The van der Waals surface area contributed by atoms with E-state index in [1.165, 1.54) is 0 Å². The van der Waals surface area contributed by atoms with E-state index in [-0.39, 0.29) is 5.82 Å². The maximum absolute atomic E-state index is 13.2. The first kappa shape index (κ1) is 11.7. The molecule has 0 spiro atoms. The van der Waals surface area contributed by atoms with Gasteiger partial charge in [-0.15, -0.1) is 0 Å². The Labute approximate surface area is 89.3 Å². The zero-order valence-electron chi connectivity index (χ0n) is 9.34. The van der Waals surface area contributed by atoms with Crippen LogP contribution in [0.1, 0.15) is 20.3 Å². The molecule has 0 radical (unpaired) electrons. The van der Waals surface area contributed by atoms with E-state index in [2.05, 4.69) is 34.4 Å². The summed E-state index contributed by atoms with van der Waals surface area (Å²) in [6.45, 7) is 4.92. The zero-order chi connectivity index (χ0) is 11.3. The predicted molar refractivity (Wildman–Crippen MR) is 59.5 cm³/mol. The van der Waals surface area contributed by atoms with Crippen molar-refractivity contribution in [1.82, 2.24) is 9.97 Å². The number of nitrogens with one attached hydrogen (secondary N) is 2.